The summed E-state index contributed by atoms with van der Waals surface area (Å²) in [6, 6.07) is 13.0. The molecule has 20 heavy (non-hydrogen) atoms. The van der Waals surface area contributed by atoms with Crippen LogP contribution >= 0.6 is 23.2 Å². The molecule has 0 aliphatic rings. The van der Waals surface area contributed by atoms with Crippen LogP contribution in [0.25, 0.3) is 22.4 Å². The Hall–Kier alpha value is -2.02. The Balaban J connectivity index is 2.33. The summed E-state index contributed by atoms with van der Waals surface area (Å²) in [4.78, 5) is 4.56. The molecule has 3 aromatic rings. The average molecular weight is 302 g/mol. The molecule has 2 aromatic carbocycles. The van der Waals surface area contributed by atoms with Gasteiger partial charge in [0.1, 0.15) is 17.4 Å². The van der Waals surface area contributed by atoms with Crippen LogP contribution in [0.3, 0.4) is 0 Å². The first-order valence-corrected chi connectivity index (χ1v) is 6.68. The summed E-state index contributed by atoms with van der Waals surface area (Å²) >= 11 is 12.2. The molecule has 0 atom stereocenters. The van der Waals surface area contributed by atoms with Crippen molar-refractivity contribution in [2.75, 3.05) is 0 Å². The summed E-state index contributed by atoms with van der Waals surface area (Å²) in [5.74, 6) is 0.712. The van der Waals surface area contributed by atoms with Crippen LogP contribution in [0.2, 0.25) is 10.0 Å². The highest BCUT2D eigenvalue weighted by Gasteiger charge is 2.14. The van der Waals surface area contributed by atoms with Crippen molar-refractivity contribution in [3.63, 3.8) is 0 Å². The molecule has 1 aromatic heterocycles. The van der Waals surface area contributed by atoms with Gasteiger partial charge in [0.05, 0.1) is 16.1 Å². The summed E-state index contributed by atoms with van der Waals surface area (Å²) in [5.41, 5.74) is 2.91. The highest BCUT2D eigenvalue weighted by Crippen LogP contribution is 2.32. The average Bonchev–Trinajstić information content (AvgIpc) is 2.76. The lowest BCUT2D eigenvalue weighted by molar-refractivity contribution is 0.959. The van der Waals surface area contributed by atoms with Crippen molar-refractivity contribution in [3.05, 3.63) is 52.0 Å². The third kappa shape index (κ3) is 1.94. The number of hydrogen-bond donors (Lipinski definition) is 0. The topological polar surface area (TPSA) is 41.6 Å². The number of nitrogens with zero attached hydrogens (tertiary/aromatic N) is 3. The fraction of sp³-hybridized carbons (Fsp3) is 0.0667. The van der Waals surface area contributed by atoms with E-state index in [0.29, 0.717) is 26.9 Å². The van der Waals surface area contributed by atoms with E-state index in [-0.39, 0.29) is 0 Å². The largest absolute Gasteiger partial charge is 0.327 e. The van der Waals surface area contributed by atoms with Gasteiger partial charge in [0.15, 0.2) is 0 Å². The Bertz CT molecular complexity index is 859. The zero-order chi connectivity index (χ0) is 14.3. The molecule has 0 bridgehead atoms. The first-order valence-electron chi connectivity index (χ1n) is 5.93. The van der Waals surface area contributed by atoms with Gasteiger partial charge in [-0.2, -0.15) is 5.26 Å². The van der Waals surface area contributed by atoms with Crippen LogP contribution < -0.4 is 0 Å². The van der Waals surface area contributed by atoms with E-state index in [1.54, 1.807) is 18.2 Å². The summed E-state index contributed by atoms with van der Waals surface area (Å²) in [6.45, 7) is 0. The van der Waals surface area contributed by atoms with Crippen molar-refractivity contribution in [1.82, 2.24) is 9.55 Å². The maximum Gasteiger partial charge on any atom is 0.142 e. The molecule has 0 spiro atoms. The molecule has 0 radical (unpaired) electrons. The first kappa shape index (κ1) is 13.0. The molecule has 5 heteroatoms. The smallest absolute Gasteiger partial charge is 0.142 e. The van der Waals surface area contributed by atoms with E-state index in [1.165, 1.54) is 0 Å². The van der Waals surface area contributed by atoms with Crippen molar-refractivity contribution >= 4 is 34.2 Å². The maximum absolute atomic E-state index is 9.15. The van der Waals surface area contributed by atoms with Crippen molar-refractivity contribution in [2.24, 2.45) is 7.05 Å². The SMILES string of the molecule is Cn1c(-c2ccc(Cl)cc2Cl)nc2c(C#N)cccc21. The molecular weight excluding hydrogens is 293 g/mol. The predicted molar refractivity (Wildman–Crippen MR) is 80.9 cm³/mol. The van der Waals surface area contributed by atoms with Gasteiger partial charge in [-0.15, -0.1) is 0 Å². The highest BCUT2D eigenvalue weighted by molar-refractivity contribution is 6.36. The van der Waals surface area contributed by atoms with Gasteiger partial charge in [-0.3, -0.25) is 0 Å². The number of rotatable bonds is 1. The number of hydrogen-bond acceptors (Lipinski definition) is 2. The molecule has 0 aliphatic carbocycles. The van der Waals surface area contributed by atoms with Crippen molar-refractivity contribution in [1.29, 1.82) is 5.26 Å². The number of benzene rings is 2. The third-order valence-corrected chi connectivity index (χ3v) is 3.75. The van der Waals surface area contributed by atoms with Crippen molar-refractivity contribution < 1.29 is 0 Å². The number of aromatic nitrogens is 2. The van der Waals surface area contributed by atoms with E-state index < -0.39 is 0 Å². The molecule has 0 aliphatic heterocycles. The second-order valence-electron chi connectivity index (χ2n) is 4.40. The summed E-state index contributed by atoms with van der Waals surface area (Å²) in [5, 5.41) is 10.3. The van der Waals surface area contributed by atoms with Crippen LogP contribution in [0.5, 0.6) is 0 Å². The first-order chi connectivity index (χ1) is 9.61. The zero-order valence-corrected chi connectivity index (χ0v) is 12.1. The summed E-state index contributed by atoms with van der Waals surface area (Å²) < 4.78 is 1.92. The Labute approximate surface area is 126 Å². The molecule has 0 saturated heterocycles. The molecule has 0 amide bonds. The molecule has 3 nitrogen and oxygen atoms in total. The lowest BCUT2D eigenvalue weighted by Crippen LogP contribution is -1.93. The van der Waals surface area contributed by atoms with Crippen LogP contribution in [0.1, 0.15) is 5.56 Å². The Morgan fingerprint density at radius 3 is 2.70 bits per heavy atom. The number of aryl methyl sites for hydroxylation is 1. The van der Waals surface area contributed by atoms with Crippen LogP contribution in [0.15, 0.2) is 36.4 Å². The zero-order valence-electron chi connectivity index (χ0n) is 10.6. The number of halogens is 2. The normalized spacial score (nSPS) is 10.7. The maximum atomic E-state index is 9.15. The number of imidazole rings is 1. The van der Waals surface area contributed by atoms with E-state index in [9.17, 15) is 0 Å². The van der Waals surface area contributed by atoms with E-state index in [2.05, 4.69) is 11.1 Å². The molecule has 98 valence electrons. The van der Waals surface area contributed by atoms with Crippen molar-refractivity contribution in [2.45, 2.75) is 0 Å². The molecule has 3 rings (SSSR count). The Morgan fingerprint density at radius 1 is 1.20 bits per heavy atom. The summed E-state index contributed by atoms with van der Waals surface area (Å²) in [7, 11) is 1.90. The quantitative estimate of drug-likeness (QED) is 0.667. The second-order valence-corrected chi connectivity index (χ2v) is 5.25. The second kappa shape index (κ2) is 4.82. The minimum Gasteiger partial charge on any atom is -0.327 e. The Kier molecular flexibility index (Phi) is 3.13. The highest BCUT2D eigenvalue weighted by atomic mass is 35.5. The molecule has 0 unspecified atom stereocenters. The molecule has 0 N–H and O–H groups in total. The minimum atomic E-state index is 0.536. The number of nitriles is 1. The summed E-state index contributed by atoms with van der Waals surface area (Å²) in [6.07, 6.45) is 0. The van der Waals surface area contributed by atoms with Crippen LogP contribution in [0, 0.1) is 11.3 Å². The number of fused-ring (bicyclic) bond motifs is 1. The fourth-order valence-electron chi connectivity index (χ4n) is 2.22. The van der Waals surface area contributed by atoms with Gasteiger partial charge in [-0.1, -0.05) is 29.3 Å². The van der Waals surface area contributed by atoms with Gasteiger partial charge < -0.3 is 4.57 Å². The Morgan fingerprint density at radius 2 is 2.00 bits per heavy atom. The lowest BCUT2D eigenvalue weighted by atomic mass is 10.2. The van der Waals surface area contributed by atoms with Gasteiger partial charge in [0, 0.05) is 17.6 Å². The lowest BCUT2D eigenvalue weighted by Gasteiger charge is -2.05. The van der Waals surface area contributed by atoms with E-state index in [1.807, 2.05) is 29.8 Å². The molecule has 0 saturated carbocycles. The van der Waals surface area contributed by atoms with E-state index in [4.69, 9.17) is 28.5 Å². The number of para-hydroxylation sites is 1. The van der Waals surface area contributed by atoms with Crippen LogP contribution in [0.4, 0.5) is 0 Å². The predicted octanol–water partition coefficient (Wildman–Crippen LogP) is 4.42. The van der Waals surface area contributed by atoms with Gasteiger partial charge in [-0.25, -0.2) is 4.98 Å². The van der Waals surface area contributed by atoms with Gasteiger partial charge in [-0.05, 0) is 30.3 Å². The fourth-order valence-corrected chi connectivity index (χ4v) is 2.71. The minimum absolute atomic E-state index is 0.536. The van der Waals surface area contributed by atoms with Gasteiger partial charge in [0.2, 0.25) is 0 Å². The van der Waals surface area contributed by atoms with Gasteiger partial charge >= 0.3 is 0 Å². The third-order valence-electron chi connectivity index (χ3n) is 3.20. The van der Waals surface area contributed by atoms with Crippen LogP contribution in [-0.2, 0) is 7.05 Å². The van der Waals surface area contributed by atoms with Gasteiger partial charge in [0.25, 0.3) is 0 Å². The molecule has 0 fully saturated rings. The van der Waals surface area contributed by atoms with E-state index in [0.717, 1.165) is 11.1 Å². The standard InChI is InChI=1S/C15H9Cl2N3/c1-20-13-4-2-3-9(8-18)14(13)19-15(20)11-6-5-10(16)7-12(11)17/h2-7H,1H3. The van der Waals surface area contributed by atoms with E-state index >= 15 is 0 Å². The monoisotopic (exact) mass is 301 g/mol. The van der Waals surface area contributed by atoms with Crippen LogP contribution in [-0.4, -0.2) is 9.55 Å². The molecule has 1 heterocycles. The molecular formula is C15H9Cl2N3. The van der Waals surface area contributed by atoms with Crippen molar-refractivity contribution in [3.8, 4) is 17.5 Å².